The van der Waals surface area contributed by atoms with Crippen LogP contribution < -0.4 is 10.2 Å². The molecular weight excluding hydrogens is 398 g/mol. The third kappa shape index (κ3) is 6.04. The van der Waals surface area contributed by atoms with Crippen molar-refractivity contribution in [2.24, 2.45) is 0 Å². The minimum atomic E-state index is 0.183. The molecule has 2 heterocycles. The molecule has 1 aromatic rings. The lowest BCUT2D eigenvalue weighted by Crippen LogP contribution is -2.57. The van der Waals surface area contributed by atoms with Crippen LogP contribution in [0.5, 0.6) is 0 Å². The molecule has 6 nitrogen and oxygen atoms in total. The molecule has 0 radical (unpaired) electrons. The fourth-order valence-corrected chi connectivity index (χ4v) is 4.86. The maximum Gasteiger partial charge on any atom is 0.236 e. The molecule has 1 aromatic carbocycles. The normalized spacial score (nSPS) is 19.7. The molecule has 1 amide bonds. The Morgan fingerprint density at radius 2 is 1.59 bits per heavy atom. The molecular formula is C26H43N5O. The number of piperazine rings is 2. The third-order valence-corrected chi connectivity index (χ3v) is 7.12. The summed E-state index contributed by atoms with van der Waals surface area (Å²) in [5.74, 6) is 0.633. The van der Waals surface area contributed by atoms with E-state index in [0.29, 0.717) is 12.5 Å². The highest BCUT2D eigenvalue weighted by Gasteiger charge is 2.29. The second-order valence-electron chi connectivity index (χ2n) is 10.1. The Hall–Kier alpha value is -2.05. The van der Waals surface area contributed by atoms with E-state index in [-0.39, 0.29) is 11.4 Å². The maximum atomic E-state index is 12.8. The summed E-state index contributed by atoms with van der Waals surface area (Å²) in [5, 5.41) is 3.20. The lowest BCUT2D eigenvalue weighted by molar-refractivity contribution is -0.135. The van der Waals surface area contributed by atoms with Crippen LogP contribution in [0.2, 0.25) is 0 Å². The van der Waals surface area contributed by atoms with E-state index in [0.717, 1.165) is 64.5 Å². The first-order valence-electron chi connectivity index (χ1n) is 12.2. The Labute approximate surface area is 195 Å². The van der Waals surface area contributed by atoms with Crippen molar-refractivity contribution in [3.63, 3.8) is 0 Å². The summed E-state index contributed by atoms with van der Waals surface area (Å²) in [6, 6.07) is 8.94. The van der Waals surface area contributed by atoms with Crippen LogP contribution in [-0.4, -0.2) is 92.1 Å². The second-order valence-corrected chi connectivity index (χ2v) is 10.1. The van der Waals surface area contributed by atoms with Crippen LogP contribution in [0, 0.1) is 0 Å². The summed E-state index contributed by atoms with van der Waals surface area (Å²) in [5.41, 5.74) is 3.83. The number of likely N-dealkylation sites (N-methyl/N-ethyl adjacent to an activating group) is 1. The highest BCUT2D eigenvalue weighted by Crippen LogP contribution is 2.27. The average molecular weight is 442 g/mol. The van der Waals surface area contributed by atoms with E-state index >= 15 is 0 Å². The summed E-state index contributed by atoms with van der Waals surface area (Å²) >= 11 is 0. The molecule has 2 aliphatic heterocycles. The van der Waals surface area contributed by atoms with Crippen molar-refractivity contribution in [2.45, 2.75) is 45.6 Å². The van der Waals surface area contributed by atoms with E-state index in [4.69, 9.17) is 0 Å². The second kappa shape index (κ2) is 10.7. The van der Waals surface area contributed by atoms with Gasteiger partial charge in [0.05, 0.1) is 6.54 Å². The van der Waals surface area contributed by atoms with Crippen LogP contribution in [-0.2, 0) is 4.79 Å². The van der Waals surface area contributed by atoms with E-state index in [9.17, 15) is 4.79 Å². The van der Waals surface area contributed by atoms with Gasteiger partial charge in [-0.1, -0.05) is 25.6 Å². The van der Waals surface area contributed by atoms with Crippen LogP contribution in [0.25, 0.3) is 0 Å². The van der Waals surface area contributed by atoms with Crippen molar-refractivity contribution < 1.29 is 4.79 Å². The molecule has 2 fully saturated rings. The van der Waals surface area contributed by atoms with Crippen LogP contribution >= 0.6 is 0 Å². The van der Waals surface area contributed by atoms with Crippen LogP contribution in [0.3, 0.4) is 0 Å². The molecule has 0 bridgehead atoms. The number of carbonyl (C=O) groups is 1. The molecule has 3 rings (SSSR count). The van der Waals surface area contributed by atoms with E-state index in [1.807, 2.05) is 7.05 Å². The van der Waals surface area contributed by atoms with Gasteiger partial charge in [0, 0.05) is 82.2 Å². The third-order valence-electron chi connectivity index (χ3n) is 7.12. The van der Waals surface area contributed by atoms with Gasteiger partial charge in [-0.3, -0.25) is 14.6 Å². The number of carbonyl (C=O) groups excluding carboxylic acids is 1. The van der Waals surface area contributed by atoms with E-state index in [1.165, 1.54) is 11.3 Å². The zero-order valence-corrected chi connectivity index (χ0v) is 20.9. The molecule has 0 saturated carbocycles. The predicted octanol–water partition coefficient (Wildman–Crippen LogP) is 2.98. The minimum absolute atomic E-state index is 0.183. The number of hydrogen-bond acceptors (Lipinski definition) is 5. The Bertz CT molecular complexity index is 753. The molecule has 6 heteroatoms. The van der Waals surface area contributed by atoms with Gasteiger partial charge in [-0.05, 0) is 44.9 Å². The highest BCUT2D eigenvalue weighted by molar-refractivity contribution is 5.78. The minimum Gasteiger partial charge on any atom is -0.391 e. The van der Waals surface area contributed by atoms with Gasteiger partial charge in [-0.2, -0.15) is 0 Å². The Balaban J connectivity index is 1.46. The zero-order valence-electron chi connectivity index (χ0n) is 20.9. The van der Waals surface area contributed by atoms with Crippen LogP contribution in [0.15, 0.2) is 36.5 Å². The van der Waals surface area contributed by atoms with Crippen molar-refractivity contribution in [3.05, 3.63) is 42.1 Å². The number of hydrogen-bond donors (Lipinski definition) is 1. The van der Waals surface area contributed by atoms with Gasteiger partial charge in [0.15, 0.2) is 0 Å². The number of allylic oxidation sites excluding steroid dienone is 1. The highest BCUT2D eigenvalue weighted by atomic mass is 16.2. The summed E-state index contributed by atoms with van der Waals surface area (Å²) in [4.78, 5) is 22.1. The average Bonchev–Trinajstić information content (AvgIpc) is 2.80. The molecule has 1 unspecified atom stereocenters. The van der Waals surface area contributed by atoms with Gasteiger partial charge in [0.25, 0.3) is 0 Å². The molecule has 2 saturated heterocycles. The van der Waals surface area contributed by atoms with E-state index in [1.54, 1.807) is 0 Å². The standard InChI is InChI=1S/C26H43N5O/c1-7-24(21(2)27-6)22-8-10-23(11-9-22)29-14-12-28(13-15-29)20-25(32)30-16-18-31(19-17-30)26(3,4)5/h8-11,24,27H,2,7,12-20H2,1,3-6H3. The quantitative estimate of drug-likeness (QED) is 0.705. The lowest BCUT2D eigenvalue weighted by Gasteiger charge is -2.43. The number of amides is 1. The molecule has 0 spiro atoms. The van der Waals surface area contributed by atoms with Crippen LogP contribution in [0.4, 0.5) is 5.69 Å². The van der Waals surface area contributed by atoms with Gasteiger partial charge in [0.1, 0.15) is 0 Å². The predicted molar refractivity (Wildman–Crippen MR) is 134 cm³/mol. The monoisotopic (exact) mass is 441 g/mol. The summed E-state index contributed by atoms with van der Waals surface area (Å²) in [6.45, 7) is 21.1. The van der Waals surface area contributed by atoms with Crippen LogP contribution in [0.1, 0.15) is 45.6 Å². The summed E-state index contributed by atoms with van der Waals surface area (Å²) < 4.78 is 0. The number of nitrogens with zero attached hydrogens (tertiary/aromatic N) is 4. The molecule has 32 heavy (non-hydrogen) atoms. The van der Waals surface area contributed by atoms with Gasteiger partial charge in [-0.25, -0.2) is 0 Å². The van der Waals surface area contributed by atoms with Gasteiger partial charge >= 0.3 is 0 Å². The molecule has 178 valence electrons. The number of rotatable bonds is 7. The van der Waals surface area contributed by atoms with Crippen molar-refractivity contribution >= 4 is 11.6 Å². The first-order valence-corrected chi connectivity index (χ1v) is 12.2. The molecule has 2 aliphatic rings. The summed E-state index contributed by atoms with van der Waals surface area (Å²) in [6.07, 6.45) is 1.04. The van der Waals surface area contributed by atoms with Crippen molar-refractivity contribution in [2.75, 3.05) is 70.9 Å². The number of anilines is 1. The van der Waals surface area contributed by atoms with Gasteiger partial charge in [0.2, 0.25) is 5.91 Å². The lowest BCUT2D eigenvalue weighted by atomic mass is 9.93. The first-order chi connectivity index (χ1) is 15.2. The maximum absolute atomic E-state index is 12.8. The number of nitrogens with one attached hydrogen (secondary N) is 1. The first kappa shape index (κ1) is 24.6. The number of benzene rings is 1. The smallest absolute Gasteiger partial charge is 0.236 e. The molecule has 0 aliphatic carbocycles. The summed E-state index contributed by atoms with van der Waals surface area (Å²) in [7, 11) is 1.94. The Kier molecular flexibility index (Phi) is 8.23. The van der Waals surface area contributed by atoms with Gasteiger partial charge in [-0.15, -0.1) is 0 Å². The van der Waals surface area contributed by atoms with Gasteiger partial charge < -0.3 is 15.1 Å². The van der Waals surface area contributed by atoms with E-state index in [2.05, 4.69) is 83.5 Å². The SMILES string of the molecule is C=C(NC)C(CC)c1ccc(N2CCN(CC(=O)N3CCN(C(C)(C)C)CC3)CC2)cc1. The zero-order chi connectivity index (χ0) is 23.3. The Morgan fingerprint density at radius 3 is 2.09 bits per heavy atom. The fourth-order valence-electron chi connectivity index (χ4n) is 4.86. The molecule has 0 aromatic heterocycles. The Morgan fingerprint density at radius 1 is 1.00 bits per heavy atom. The van der Waals surface area contributed by atoms with E-state index < -0.39 is 0 Å². The van der Waals surface area contributed by atoms with Crippen molar-refractivity contribution in [3.8, 4) is 0 Å². The molecule has 1 atom stereocenters. The largest absolute Gasteiger partial charge is 0.391 e. The van der Waals surface area contributed by atoms with Crippen molar-refractivity contribution in [1.29, 1.82) is 0 Å². The molecule has 1 N–H and O–H groups in total. The van der Waals surface area contributed by atoms with Crippen molar-refractivity contribution in [1.82, 2.24) is 20.0 Å². The fraction of sp³-hybridized carbons (Fsp3) is 0.654. The topological polar surface area (TPSA) is 42.1 Å².